The third kappa shape index (κ3) is 3.42. The third-order valence-corrected chi connectivity index (χ3v) is 10.5. The Morgan fingerprint density at radius 2 is 1.82 bits per heavy atom. The van der Waals surface area contributed by atoms with E-state index in [2.05, 4.69) is 0 Å². The zero-order valence-electron chi connectivity index (χ0n) is 23.0. The fourth-order valence-electron chi connectivity index (χ4n) is 8.56. The lowest BCUT2D eigenvalue weighted by Crippen LogP contribution is -2.79. The first-order valence-corrected chi connectivity index (χ1v) is 13.4. The van der Waals surface area contributed by atoms with Crippen molar-refractivity contribution < 1.29 is 53.1 Å². The summed E-state index contributed by atoms with van der Waals surface area (Å²) < 4.78 is 22.7. The molecule has 1 unspecified atom stereocenters. The van der Waals surface area contributed by atoms with Gasteiger partial charge in [-0.2, -0.15) is 0 Å². The Morgan fingerprint density at radius 3 is 2.44 bits per heavy atom. The minimum absolute atomic E-state index is 0.0274. The molecule has 11 heteroatoms. The maximum atomic E-state index is 13.5. The first-order valence-electron chi connectivity index (χ1n) is 13.4. The fourth-order valence-corrected chi connectivity index (χ4v) is 8.56. The van der Waals surface area contributed by atoms with Crippen LogP contribution in [0, 0.1) is 40.4 Å². The molecule has 11 atom stereocenters. The normalized spacial score (nSPS) is 46.8. The van der Waals surface area contributed by atoms with Crippen LogP contribution in [0.5, 0.6) is 0 Å². The average molecular weight is 549 g/mol. The van der Waals surface area contributed by atoms with Crippen molar-refractivity contribution in [2.24, 2.45) is 40.4 Å². The lowest BCUT2D eigenvalue weighted by Gasteiger charge is -2.67. The van der Waals surface area contributed by atoms with Crippen molar-refractivity contribution in [3.05, 3.63) is 11.6 Å². The molecule has 0 aromatic heterocycles. The molecular formula is C28H36O11. The summed E-state index contributed by atoms with van der Waals surface area (Å²) in [6, 6.07) is 0. The van der Waals surface area contributed by atoms with Crippen LogP contribution in [0.3, 0.4) is 0 Å². The number of aliphatic hydroxyl groups is 2. The van der Waals surface area contributed by atoms with Crippen LogP contribution in [-0.4, -0.2) is 83.4 Å². The molecule has 3 aliphatic carbocycles. The number of hydrogen-bond acceptors (Lipinski definition) is 11. The summed E-state index contributed by atoms with van der Waals surface area (Å²) in [7, 11) is 1.09. The highest BCUT2D eigenvalue weighted by Crippen LogP contribution is 2.72. The molecule has 3 saturated carbocycles. The molecule has 0 amide bonds. The van der Waals surface area contributed by atoms with Crippen molar-refractivity contribution in [3.63, 3.8) is 0 Å². The Morgan fingerprint density at radius 1 is 1.15 bits per heavy atom. The molecule has 0 radical (unpaired) electrons. The molecule has 2 heterocycles. The van der Waals surface area contributed by atoms with Crippen LogP contribution in [0.4, 0.5) is 0 Å². The number of rotatable bonds is 4. The minimum atomic E-state index is -2.23. The summed E-state index contributed by atoms with van der Waals surface area (Å²) in [5.74, 6) is -7.22. The third-order valence-electron chi connectivity index (χ3n) is 10.5. The van der Waals surface area contributed by atoms with Crippen LogP contribution < -0.4 is 0 Å². The molecule has 1 spiro atoms. The van der Waals surface area contributed by atoms with Gasteiger partial charge in [0.15, 0.2) is 5.78 Å². The van der Waals surface area contributed by atoms with Crippen LogP contribution in [0.1, 0.15) is 47.5 Å². The van der Waals surface area contributed by atoms with Gasteiger partial charge in [0.1, 0.15) is 12.2 Å². The Balaban J connectivity index is 1.69. The summed E-state index contributed by atoms with van der Waals surface area (Å²) in [4.78, 5) is 65.4. The van der Waals surface area contributed by atoms with Crippen LogP contribution >= 0.6 is 0 Å². The quantitative estimate of drug-likeness (QED) is 0.218. The predicted octanol–water partition coefficient (Wildman–Crippen LogP) is 0.526. The van der Waals surface area contributed by atoms with E-state index in [1.54, 1.807) is 20.8 Å². The van der Waals surface area contributed by atoms with Crippen molar-refractivity contribution >= 4 is 29.5 Å². The Labute approximate surface area is 226 Å². The van der Waals surface area contributed by atoms with E-state index in [0.29, 0.717) is 5.57 Å². The average Bonchev–Trinajstić information content (AvgIpc) is 3.18. The lowest BCUT2D eigenvalue weighted by atomic mass is 9.37. The molecule has 39 heavy (non-hydrogen) atoms. The molecule has 5 aliphatic rings. The second-order valence-electron chi connectivity index (χ2n) is 12.5. The molecule has 0 aromatic carbocycles. The number of ether oxygens (including phenoxy) is 4. The standard InChI is InChI=1S/C28H36O11/c1-11(2)12(3)7-17(30)39-20-22-27-10-37-28(22,25(35)36-6)23(33)19(32)21(27)26(5)9-15(29)18(31)13(4)14(26)8-16(27)38-24(20)34/h7,11,13-14,16,19-23,32-33H,8-10H2,1-6H3/t13?,14-,16+,19+,20+,21+,22+,23-,26-,27+,28+/m0/s1. The van der Waals surface area contributed by atoms with Gasteiger partial charge in [-0.1, -0.05) is 33.3 Å². The van der Waals surface area contributed by atoms with Gasteiger partial charge in [-0.15, -0.1) is 0 Å². The molecular weight excluding hydrogens is 512 g/mol. The second kappa shape index (κ2) is 8.94. The highest BCUT2D eigenvalue weighted by Gasteiger charge is 2.85. The number of allylic oxidation sites excluding steroid dienone is 1. The number of carbonyl (C=O) groups is 5. The van der Waals surface area contributed by atoms with E-state index in [4.69, 9.17) is 18.9 Å². The van der Waals surface area contributed by atoms with Crippen molar-refractivity contribution in [3.8, 4) is 0 Å². The van der Waals surface area contributed by atoms with E-state index in [1.807, 2.05) is 13.8 Å². The molecule has 5 rings (SSSR count). The summed E-state index contributed by atoms with van der Waals surface area (Å²) in [5.41, 5.74) is -3.85. The number of hydrogen-bond donors (Lipinski definition) is 2. The topological polar surface area (TPSA) is 163 Å². The predicted molar refractivity (Wildman–Crippen MR) is 130 cm³/mol. The van der Waals surface area contributed by atoms with Gasteiger partial charge in [0.25, 0.3) is 0 Å². The van der Waals surface area contributed by atoms with Crippen LogP contribution in [0.15, 0.2) is 11.6 Å². The molecule has 11 nitrogen and oxygen atoms in total. The molecule has 2 saturated heterocycles. The summed E-state index contributed by atoms with van der Waals surface area (Å²) in [5, 5.41) is 23.3. The number of esters is 3. The van der Waals surface area contributed by atoms with E-state index >= 15 is 0 Å². The zero-order chi connectivity index (χ0) is 28.8. The number of aliphatic hydroxyl groups excluding tert-OH is 2. The largest absolute Gasteiger partial charge is 0.467 e. The van der Waals surface area contributed by atoms with E-state index in [0.717, 1.165) is 7.11 Å². The maximum Gasteiger partial charge on any atom is 0.348 e. The highest BCUT2D eigenvalue weighted by atomic mass is 16.6. The first kappa shape index (κ1) is 27.9. The Hall–Kier alpha value is -2.63. The summed E-state index contributed by atoms with van der Waals surface area (Å²) >= 11 is 0. The lowest BCUT2D eigenvalue weighted by molar-refractivity contribution is -0.295. The van der Waals surface area contributed by atoms with E-state index in [1.165, 1.54) is 6.08 Å². The van der Waals surface area contributed by atoms with Crippen LogP contribution in [0.25, 0.3) is 0 Å². The minimum Gasteiger partial charge on any atom is -0.467 e. The zero-order valence-corrected chi connectivity index (χ0v) is 23.0. The molecule has 0 aromatic rings. The van der Waals surface area contributed by atoms with Gasteiger partial charge in [-0.25, -0.2) is 14.4 Å². The highest BCUT2D eigenvalue weighted by molar-refractivity contribution is 6.38. The molecule has 2 bridgehead atoms. The van der Waals surface area contributed by atoms with Crippen LogP contribution in [0.2, 0.25) is 0 Å². The number of Topliss-reactive ketones (excluding diaryl/α,β-unsaturated/α-hetero) is 2. The smallest absolute Gasteiger partial charge is 0.348 e. The van der Waals surface area contributed by atoms with Crippen molar-refractivity contribution in [2.75, 3.05) is 13.7 Å². The van der Waals surface area contributed by atoms with Gasteiger partial charge >= 0.3 is 17.9 Å². The van der Waals surface area contributed by atoms with Gasteiger partial charge in [-0.3, -0.25) is 9.59 Å². The number of methoxy groups -OCH3 is 1. The monoisotopic (exact) mass is 548 g/mol. The number of ketones is 2. The summed E-state index contributed by atoms with van der Waals surface area (Å²) in [6.45, 7) is 8.72. The van der Waals surface area contributed by atoms with Crippen LogP contribution in [-0.2, 0) is 42.9 Å². The molecule has 214 valence electrons. The molecule has 2 aliphatic heterocycles. The van der Waals surface area contributed by atoms with E-state index in [-0.39, 0.29) is 25.4 Å². The van der Waals surface area contributed by atoms with Crippen molar-refractivity contribution in [1.29, 1.82) is 0 Å². The SMILES string of the molecule is COC(=O)[C@]12OC[C@]34[C@H]([C@@H](O)[C@@H]1O)[C@@]1(C)CC(=O)C(=O)C(C)[C@@H]1C[C@H]3OC(=O)[C@H](OC(=O)C=C(C)C(C)C)[C@@H]24. The Kier molecular flexibility index (Phi) is 6.40. The van der Waals surface area contributed by atoms with E-state index < -0.39 is 94.0 Å². The van der Waals surface area contributed by atoms with Gasteiger partial charge in [-0.05, 0) is 30.6 Å². The molecule has 2 N–H and O–H groups in total. The maximum absolute atomic E-state index is 13.5. The van der Waals surface area contributed by atoms with E-state index in [9.17, 15) is 34.2 Å². The number of carbonyl (C=O) groups excluding carboxylic acids is 5. The van der Waals surface area contributed by atoms with Gasteiger partial charge in [0.2, 0.25) is 17.5 Å². The van der Waals surface area contributed by atoms with Crippen molar-refractivity contribution in [1.82, 2.24) is 0 Å². The van der Waals surface area contributed by atoms with Gasteiger partial charge in [0.05, 0.1) is 25.7 Å². The first-order chi connectivity index (χ1) is 18.2. The van der Waals surface area contributed by atoms with Gasteiger partial charge < -0.3 is 29.2 Å². The van der Waals surface area contributed by atoms with Crippen molar-refractivity contribution in [2.45, 2.75) is 77.5 Å². The van der Waals surface area contributed by atoms with Gasteiger partial charge in [0, 0.05) is 29.7 Å². The number of fused-ring (bicyclic) bond motifs is 2. The summed E-state index contributed by atoms with van der Waals surface area (Å²) in [6.07, 6.45) is -4.82. The fraction of sp³-hybridized carbons (Fsp3) is 0.750. The molecule has 5 fully saturated rings. The Bertz CT molecular complexity index is 1170. The second-order valence-corrected chi connectivity index (χ2v) is 12.5.